The predicted octanol–water partition coefficient (Wildman–Crippen LogP) is 7.88. The number of hydrogen-bond donors (Lipinski definition) is 0. The molecule has 3 aromatic carbocycles. The van der Waals surface area contributed by atoms with Crippen molar-refractivity contribution >= 4 is 61.9 Å². The number of halogens is 3. The highest BCUT2D eigenvalue weighted by Crippen LogP contribution is 2.32. The van der Waals surface area contributed by atoms with E-state index in [0.29, 0.717) is 38.1 Å². The van der Waals surface area contributed by atoms with Gasteiger partial charge in [-0.2, -0.15) is 9.78 Å². The molecule has 0 aliphatic heterocycles. The molecular formula is C28H23BrCl2N4O4. The minimum Gasteiger partial charge on any atom is -0.488 e. The topological polar surface area (TPSA) is 99.6 Å². The van der Waals surface area contributed by atoms with Crippen LogP contribution in [0.2, 0.25) is 10.0 Å². The van der Waals surface area contributed by atoms with Crippen LogP contribution in [0.15, 0.2) is 69.0 Å². The van der Waals surface area contributed by atoms with E-state index in [2.05, 4.69) is 21.0 Å². The van der Waals surface area contributed by atoms with Crippen LogP contribution in [0.25, 0.3) is 10.9 Å². The van der Waals surface area contributed by atoms with E-state index in [1.165, 1.54) is 29.1 Å². The summed E-state index contributed by atoms with van der Waals surface area (Å²) in [5.74, 6) is 1.04. The van der Waals surface area contributed by atoms with Gasteiger partial charge in [0.2, 0.25) is 0 Å². The first-order valence-electron chi connectivity index (χ1n) is 12.4. The summed E-state index contributed by atoms with van der Waals surface area (Å²) in [6, 6.07) is 14.8. The Hall–Kier alpha value is -3.27. The lowest BCUT2D eigenvalue weighted by Gasteiger charge is -2.22. The predicted molar refractivity (Wildman–Crippen MR) is 156 cm³/mol. The number of hydrogen-bond acceptors (Lipinski definition) is 6. The van der Waals surface area contributed by atoms with Crippen molar-refractivity contribution in [2.45, 2.75) is 44.6 Å². The molecule has 0 radical (unpaired) electrons. The first-order valence-corrected chi connectivity index (χ1v) is 14.0. The minimum atomic E-state index is -0.491. The quantitative estimate of drug-likeness (QED) is 0.118. The standard InChI is InChI=1S/C28H23BrCl2N4O4/c29-20-7-10-25-22(14-20)28(36)34(27(33-25)18-4-2-1-3-5-18)32-15-19-13-21(35(37)38)8-11-26(19)39-16-17-6-9-23(30)24(31)12-17/h6-15,18H,1-5,16H2. The molecule has 1 fully saturated rings. The van der Waals surface area contributed by atoms with Crippen LogP contribution >= 0.6 is 39.1 Å². The lowest BCUT2D eigenvalue weighted by atomic mass is 9.88. The number of nitro groups is 1. The van der Waals surface area contributed by atoms with Crippen LogP contribution < -0.4 is 10.3 Å². The SMILES string of the molecule is O=c1c2cc(Br)ccc2nc(C2CCCCC2)n1N=Cc1cc([N+](=O)[O-])ccc1OCc1ccc(Cl)c(Cl)c1. The Morgan fingerprint density at radius 2 is 1.87 bits per heavy atom. The van der Waals surface area contributed by atoms with Gasteiger partial charge in [0.15, 0.2) is 0 Å². The molecule has 0 bridgehead atoms. The largest absolute Gasteiger partial charge is 0.488 e. The zero-order chi connectivity index (χ0) is 27.5. The number of ether oxygens (including phenoxy) is 1. The maximum Gasteiger partial charge on any atom is 0.282 e. The Kier molecular flexibility index (Phi) is 8.30. The molecule has 0 atom stereocenters. The number of benzene rings is 3. The Bertz CT molecular complexity index is 1650. The highest BCUT2D eigenvalue weighted by atomic mass is 79.9. The number of non-ortho nitro benzene ring substituents is 1. The van der Waals surface area contributed by atoms with Gasteiger partial charge in [-0.3, -0.25) is 14.9 Å². The second-order valence-electron chi connectivity index (χ2n) is 9.34. The van der Waals surface area contributed by atoms with E-state index >= 15 is 0 Å². The van der Waals surface area contributed by atoms with Crippen molar-refractivity contribution in [3.05, 3.63) is 107 Å². The second kappa shape index (κ2) is 11.9. The van der Waals surface area contributed by atoms with Crippen LogP contribution in [0, 0.1) is 10.1 Å². The van der Waals surface area contributed by atoms with Crippen LogP contribution in [0.1, 0.15) is 55.0 Å². The summed E-state index contributed by atoms with van der Waals surface area (Å²) in [6.07, 6.45) is 6.51. The normalized spacial score (nSPS) is 14.2. The molecule has 0 saturated heterocycles. The summed E-state index contributed by atoms with van der Waals surface area (Å²) in [4.78, 5) is 29.5. The highest BCUT2D eigenvalue weighted by Gasteiger charge is 2.23. The fraction of sp³-hybridized carbons (Fsp3) is 0.250. The van der Waals surface area contributed by atoms with Crippen LogP contribution in [-0.4, -0.2) is 20.8 Å². The van der Waals surface area contributed by atoms with Crippen molar-refractivity contribution in [2.24, 2.45) is 5.10 Å². The summed E-state index contributed by atoms with van der Waals surface area (Å²) in [7, 11) is 0. The molecule has 5 rings (SSSR count). The smallest absolute Gasteiger partial charge is 0.282 e. The number of rotatable bonds is 7. The maximum atomic E-state index is 13.6. The molecule has 1 aliphatic rings. The molecule has 200 valence electrons. The van der Waals surface area contributed by atoms with E-state index in [-0.39, 0.29) is 23.8 Å². The molecule has 11 heteroatoms. The second-order valence-corrected chi connectivity index (χ2v) is 11.1. The lowest BCUT2D eigenvalue weighted by Crippen LogP contribution is -2.25. The summed E-state index contributed by atoms with van der Waals surface area (Å²) < 4.78 is 8.06. The van der Waals surface area contributed by atoms with E-state index in [4.69, 9.17) is 32.9 Å². The first kappa shape index (κ1) is 27.3. The van der Waals surface area contributed by atoms with Gasteiger partial charge in [0.05, 0.1) is 32.1 Å². The van der Waals surface area contributed by atoms with Gasteiger partial charge in [0.1, 0.15) is 18.2 Å². The van der Waals surface area contributed by atoms with Gasteiger partial charge in [-0.15, -0.1) is 0 Å². The van der Waals surface area contributed by atoms with Gasteiger partial charge >= 0.3 is 0 Å². The van der Waals surface area contributed by atoms with Crippen LogP contribution in [0.5, 0.6) is 5.75 Å². The van der Waals surface area contributed by atoms with Crippen molar-refractivity contribution < 1.29 is 9.66 Å². The summed E-state index contributed by atoms with van der Waals surface area (Å²) >= 11 is 15.6. The van der Waals surface area contributed by atoms with Crippen molar-refractivity contribution in [1.82, 2.24) is 9.66 Å². The number of aromatic nitrogens is 2. The van der Waals surface area contributed by atoms with Crippen LogP contribution in [0.3, 0.4) is 0 Å². The number of nitrogens with zero attached hydrogens (tertiary/aromatic N) is 4. The number of fused-ring (bicyclic) bond motifs is 1. The fourth-order valence-electron chi connectivity index (χ4n) is 4.69. The lowest BCUT2D eigenvalue weighted by molar-refractivity contribution is -0.384. The van der Waals surface area contributed by atoms with Crippen molar-refractivity contribution in [3.8, 4) is 5.75 Å². The van der Waals surface area contributed by atoms with E-state index in [0.717, 1.165) is 42.1 Å². The Morgan fingerprint density at radius 3 is 2.62 bits per heavy atom. The van der Waals surface area contributed by atoms with Crippen LogP contribution in [-0.2, 0) is 6.61 Å². The maximum absolute atomic E-state index is 13.6. The molecule has 8 nitrogen and oxygen atoms in total. The summed E-state index contributed by atoms with van der Waals surface area (Å²) in [5.41, 5.74) is 1.29. The molecule has 0 N–H and O–H groups in total. The minimum absolute atomic E-state index is 0.0899. The van der Waals surface area contributed by atoms with E-state index in [1.54, 1.807) is 24.3 Å². The Balaban J connectivity index is 1.56. The molecule has 39 heavy (non-hydrogen) atoms. The van der Waals surface area contributed by atoms with Crippen molar-refractivity contribution in [2.75, 3.05) is 0 Å². The first-order chi connectivity index (χ1) is 18.8. The molecule has 0 spiro atoms. The monoisotopic (exact) mass is 628 g/mol. The molecule has 0 amide bonds. The molecule has 1 saturated carbocycles. The van der Waals surface area contributed by atoms with Crippen molar-refractivity contribution in [3.63, 3.8) is 0 Å². The molecule has 0 unspecified atom stereocenters. The zero-order valence-corrected chi connectivity index (χ0v) is 23.7. The van der Waals surface area contributed by atoms with E-state index in [9.17, 15) is 14.9 Å². The van der Waals surface area contributed by atoms with E-state index < -0.39 is 4.92 Å². The average molecular weight is 630 g/mol. The van der Waals surface area contributed by atoms with E-state index in [1.807, 2.05) is 12.1 Å². The van der Waals surface area contributed by atoms with Gasteiger partial charge < -0.3 is 4.74 Å². The van der Waals surface area contributed by atoms with Gasteiger partial charge in [-0.25, -0.2) is 4.98 Å². The average Bonchev–Trinajstić information content (AvgIpc) is 2.94. The fourth-order valence-corrected chi connectivity index (χ4v) is 5.38. The van der Waals surface area contributed by atoms with Gasteiger partial charge in [0, 0.05) is 28.1 Å². The molecule has 4 aromatic rings. The van der Waals surface area contributed by atoms with Gasteiger partial charge in [0.25, 0.3) is 11.2 Å². The third kappa shape index (κ3) is 6.16. The Morgan fingerprint density at radius 1 is 1.08 bits per heavy atom. The molecule has 1 heterocycles. The van der Waals surface area contributed by atoms with Gasteiger partial charge in [-0.05, 0) is 54.8 Å². The zero-order valence-electron chi connectivity index (χ0n) is 20.6. The summed E-state index contributed by atoms with van der Waals surface area (Å²) in [6.45, 7) is 0.147. The van der Waals surface area contributed by atoms with Crippen LogP contribution in [0.4, 0.5) is 5.69 Å². The highest BCUT2D eigenvalue weighted by molar-refractivity contribution is 9.10. The van der Waals surface area contributed by atoms with Crippen molar-refractivity contribution in [1.29, 1.82) is 0 Å². The molecular weight excluding hydrogens is 607 g/mol. The van der Waals surface area contributed by atoms with Gasteiger partial charge in [-0.1, -0.05) is 64.5 Å². The molecule has 1 aliphatic carbocycles. The third-order valence-corrected chi connectivity index (χ3v) is 7.93. The summed E-state index contributed by atoms with van der Waals surface area (Å²) in [5, 5.41) is 17.3. The number of nitro benzene ring substituents is 1. The third-order valence-electron chi connectivity index (χ3n) is 6.70. The Labute approximate surface area is 242 Å². The molecule has 1 aromatic heterocycles.